The van der Waals surface area contributed by atoms with E-state index in [-0.39, 0.29) is 11.5 Å². The van der Waals surface area contributed by atoms with E-state index in [4.69, 9.17) is 4.42 Å². The zero-order valence-corrected chi connectivity index (χ0v) is 11.1. The Morgan fingerprint density at radius 2 is 2.32 bits per heavy atom. The number of esters is 1. The van der Waals surface area contributed by atoms with Crippen molar-refractivity contribution in [1.82, 2.24) is 9.78 Å². The lowest BCUT2D eigenvalue weighted by molar-refractivity contribution is 0.0557. The van der Waals surface area contributed by atoms with Crippen molar-refractivity contribution in [2.24, 2.45) is 7.05 Å². The van der Waals surface area contributed by atoms with E-state index in [0.717, 1.165) is 12.1 Å². The van der Waals surface area contributed by atoms with Crippen LogP contribution in [0.2, 0.25) is 0 Å². The molecule has 0 spiro atoms. The SMILES string of the molecule is CCc1cc(C(O)c2ccc(C(=O)OC)o2)n(C)n1. The molecule has 0 aliphatic heterocycles. The van der Waals surface area contributed by atoms with Crippen LogP contribution in [0.5, 0.6) is 0 Å². The molecule has 1 unspecified atom stereocenters. The molecule has 2 aromatic heterocycles. The van der Waals surface area contributed by atoms with Crippen LogP contribution in [0.3, 0.4) is 0 Å². The number of aliphatic hydroxyl groups excluding tert-OH is 1. The first kappa shape index (κ1) is 13.4. The van der Waals surface area contributed by atoms with E-state index < -0.39 is 12.1 Å². The molecule has 0 saturated carbocycles. The van der Waals surface area contributed by atoms with Gasteiger partial charge in [-0.2, -0.15) is 5.10 Å². The summed E-state index contributed by atoms with van der Waals surface area (Å²) in [7, 11) is 3.03. The molecule has 2 heterocycles. The van der Waals surface area contributed by atoms with Gasteiger partial charge in [-0.05, 0) is 24.6 Å². The van der Waals surface area contributed by atoms with Gasteiger partial charge < -0.3 is 14.3 Å². The largest absolute Gasteiger partial charge is 0.463 e. The van der Waals surface area contributed by atoms with Crippen LogP contribution in [-0.4, -0.2) is 28.0 Å². The molecule has 0 bridgehead atoms. The third kappa shape index (κ3) is 2.53. The highest BCUT2D eigenvalue weighted by Crippen LogP contribution is 2.24. The molecular weight excluding hydrogens is 248 g/mol. The first-order chi connectivity index (χ1) is 9.06. The van der Waals surface area contributed by atoms with Crippen LogP contribution in [0.25, 0.3) is 0 Å². The molecule has 0 radical (unpaired) electrons. The van der Waals surface area contributed by atoms with Crippen LogP contribution >= 0.6 is 0 Å². The summed E-state index contributed by atoms with van der Waals surface area (Å²) >= 11 is 0. The number of nitrogens with zero attached hydrogens (tertiary/aromatic N) is 2. The van der Waals surface area contributed by atoms with E-state index in [1.54, 1.807) is 17.8 Å². The minimum Gasteiger partial charge on any atom is -0.463 e. The quantitative estimate of drug-likeness (QED) is 0.845. The monoisotopic (exact) mass is 264 g/mol. The van der Waals surface area contributed by atoms with Crippen molar-refractivity contribution in [2.75, 3.05) is 7.11 Å². The highest BCUT2D eigenvalue weighted by Gasteiger charge is 2.21. The minimum absolute atomic E-state index is 0.0643. The van der Waals surface area contributed by atoms with Gasteiger partial charge in [0.15, 0.2) is 6.10 Å². The second kappa shape index (κ2) is 5.27. The molecule has 1 N–H and O–H groups in total. The molecular formula is C13H16N2O4. The van der Waals surface area contributed by atoms with Crippen LogP contribution in [-0.2, 0) is 18.2 Å². The van der Waals surface area contributed by atoms with E-state index in [1.165, 1.54) is 13.2 Å². The summed E-state index contributed by atoms with van der Waals surface area (Å²) in [4.78, 5) is 11.3. The molecule has 6 nitrogen and oxygen atoms in total. The summed E-state index contributed by atoms with van der Waals surface area (Å²) in [5, 5.41) is 14.5. The van der Waals surface area contributed by atoms with Crippen LogP contribution < -0.4 is 0 Å². The van der Waals surface area contributed by atoms with Gasteiger partial charge in [0.1, 0.15) is 5.76 Å². The van der Waals surface area contributed by atoms with Crippen molar-refractivity contribution in [3.63, 3.8) is 0 Å². The van der Waals surface area contributed by atoms with Gasteiger partial charge >= 0.3 is 5.97 Å². The second-order valence-electron chi connectivity index (χ2n) is 4.13. The van der Waals surface area contributed by atoms with Gasteiger partial charge in [-0.1, -0.05) is 6.92 Å². The van der Waals surface area contributed by atoms with Crippen molar-refractivity contribution < 1.29 is 19.1 Å². The fourth-order valence-electron chi connectivity index (χ4n) is 1.83. The van der Waals surface area contributed by atoms with E-state index in [0.29, 0.717) is 5.69 Å². The summed E-state index contributed by atoms with van der Waals surface area (Å²) in [5.41, 5.74) is 1.50. The van der Waals surface area contributed by atoms with Crippen LogP contribution in [0.1, 0.15) is 40.7 Å². The highest BCUT2D eigenvalue weighted by molar-refractivity contribution is 5.86. The number of hydrogen-bond donors (Lipinski definition) is 1. The number of furan rings is 1. The Morgan fingerprint density at radius 1 is 1.58 bits per heavy atom. The van der Waals surface area contributed by atoms with E-state index in [9.17, 15) is 9.90 Å². The lowest BCUT2D eigenvalue weighted by atomic mass is 10.2. The molecule has 0 aromatic carbocycles. The van der Waals surface area contributed by atoms with Crippen molar-refractivity contribution in [2.45, 2.75) is 19.4 Å². The average Bonchev–Trinajstić information content (AvgIpc) is 3.03. The summed E-state index contributed by atoms with van der Waals surface area (Å²) in [6.07, 6.45) is -0.178. The van der Waals surface area contributed by atoms with Gasteiger partial charge in [0.25, 0.3) is 0 Å². The predicted molar refractivity (Wildman–Crippen MR) is 66.7 cm³/mol. The number of methoxy groups -OCH3 is 1. The lowest BCUT2D eigenvalue weighted by Gasteiger charge is -2.07. The number of rotatable bonds is 4. The van der Waals surface area contributed by atoms with Gasteiger partial charge in [-0.15, -0.1) is 0 Å². The zero-order chi connectivity index (χ0) is 14.0. The maximum atomic E-state index is 11.3. The number of ether oxygens (including phenoxy) is 1. The van der Waals surface area contributed by atoms with Crippen LogP contribution in [0.4, 0.5) is 0 Å². The number of carbonyl (C=O) groups is 1. The Balaban J connectivity index is 2.28. The third-order valence-electron chi connectivity index (χ3n) is 2.89. The summed E-state index contributed by atoms with van der Waals surface area (Å²) < 4.78 is 11.4. The predicted octanol–water partition coefficient (Wildman–Crippen LogP) is 1.44. The molecule has 102 valence electrons. The Hall–Kier alpha value is -2.08. The maximum Gasteiger partial charge on any atom is 0.373 e. The molecule has 1 atom stereocenters. The van der Waals surface area contributed by atoms with Crippen molar-refractivity contribution in [3.8, 4) is 0 Å². The molecule has 0 aliphatic carbocycles. The van der Waals surface area contributed by atoms with Crippen LogP contribution in [0.15, 0.2) is 22.6 Å². The van der Waals surface area contributed by atoms with Gasteiger partial charge in [0, 0.05) is 7.05 Å². The van der Waals surface area contributed by atoms with Gasteiger partial charge in [0.05, 0.1) is 18.5 Å². The summed E-state index contributed by atoms with van der Waals surface area (Å²) in [6.45, 7) is 1.99. The van der Waals surface area contributed by atoms with Gasteiger partial charge in [-0.25, -0.2) is 4.79 Å². The second-order valence-corrected chi connectivity index (χ2v) is 4.13. The smallest absolute Gasteiger partial charge is 0.373 e. The molecule has 0 amide bonds. The summed E-state index contributed by atoms with van der Waals surface area (Å²) in [6, 6.07) is 4.84. The summed E-state index contributed by atoms with van der Waals surface area (Å²) in [5.74, 6) is -0.224. The highest BCUT2D eigenvalue weighted by atomic mass is 16.5. The molecule has 0 aliphatic rings. The molecule has 19 heavy (non-hydrogen) atoms. The lowest BCUT2D eigenvalue weighted by Crippen LogP contribution is -2.06. The number of aromatic nitrogens is 2. The Labute approximate surface area is 110 Å². The molecule has 2 rings (SSSR count). The molecule has 2 aromatic rings. The Bertz CT molecular complexity index is 585. The van der Waals surface area contributed by atoms with Crippen molar-refractivity contribution in [1.29, 1.82) is 0 Å². The Kier molecular flexibility index (Phi) is 3.71. The zero-order valence-electron chi connectivity index (χ0n) is 11.1. The van der Waals surface area contributed by atoms with Crippen molar-refractivity contribution in [3.05, 3.63) is 41.1 Å². The number of aryl methyl sites for hydroxylation is 2. The first-order valence-corrected chi connectivity index (χ1v) is 5.95. The van der Waals surface area contributed by atoms with Crippen LogP contribution in [0, 0.1) is 0 Å². The fraction of sp³-hybridized carbons (Fsp3) is 0.385. The first-order valence-electron chi connectivity index (χ1n) is 5.95. The average molecular weight is 264 g/mol. The van der Waals surface area contributed by atoms with Gasteiger partial charge in [-0.3, -0.25) is 4.68 Å². The van der Waals surface area contributed by atoms with E-state index in [2.05, 4.69) is 9.84 Å². The minimum atomic E-state index is -0.962. The van der Waals surface area contributed by atoms with E-state index >= 15 is 0 Å². The standard InChI is InChI=1S/C13H16N2O4/c1-4-8-7-9(15(2)14-8)12(16)10-5-6-11(19-10)13(17)18-3/h5-7,12,16H,4H2,1-3H3. The van der Waals surface area contributed by atoms with E-state index in [1.807, 2.05) is 13.0 Å². The number of aliphatic hydroxyl groups is 1. The normalized spacial score (nSPS) is 12.4. The third-order valence-corrected chi connectivity index (χ3v) is 2.89. The topological polar surface area (TPSA) is 77.5 Å². The number of carbonyl (C=O) groups excluding carboxylic acids is 1. The Morgan fingerprint density at radius 3 is 2.89 bits per heavy atom. The fourth-order valence-corrected chi connectivity index (χ4v) is 1.83. The number of hydrogen-bond acceptors (Lipinski definition) is 5. The molecule has 0 fully saturated rings. The molecule has 6 heteroatoms. The maximum absolute atomic E-state index is 11.3. The van der Waals surface area contributed by atoms with Crippen molar-refractivity contribution >= 4 is 5.97 Å². The molecule has 0 saturated heterocycles. The van der Waals surface area contributed by atoms with Gasteiger partial charge in [0.2, 0.25) is 5.76 Å².